The molecule has 170 valence electrons. The van der Waals surface area contributed by atoms with Crippen LogP contribution >= 0.6 is 0 Å². The van der Waals surface area contributed by atoms with E-state index in [1.165, 1.54) is 6.92 Å². The summed E-state index contributed by atoms with van der Waals surface area (Å²) in [5.74, 6) is -3.33. The van der Waals surface area contributed by atoms with Crippen LogP contribution in [0.2, 0.25) is 0 Å². The van der Waals surface area contributed by atoms with Crippen molar-refractivity contribution in [3.05, 3.63) is 52.8 Å². The molecule has 0 fully saturated rings. The summed E-state index contributed by atoms with van der Waals surface area (Å²) in [4.78, 5) is 60.0. The average Bonchev–Trinajstić information content (AvgIpc) is 3.12. The monoisotopic (exact) mass is 442 g/mol. The zero-order valence-corrected chi connectivity index (χ0v) is 18.1. The summed E-state index contributed by atoms with van der Waals surface area (Å²) in [5, 5.41) is 16.2. The van der Waals surface area contributed by atoms with Crippen molar-refractivity contribution in [3.8, 4) is 0 Å². The van der Waals surface area contributed by atoms with Crippen molar-refractivity contribution in [2.24, 2.45) is 0 Å². The third-order valence-electron chi connectivity index (χ3n) is 4.51. The highest BCUT2D eigenvalue weighted by Gasteiger charge is 2.20. The molecule has 1 aromatic carbocycles. The van der Waals surface area contributed by atoms with Crippen LogP contribution in [0.15, 0.2) is 30.3 Å². The summed E-state index contributed by atoms with van der Waals surface area (Å²) < 4.78 is 0. The number of amides is 4. The second-order valence-corrected chi connectivity index (χ2v) is 7.09. The molecule has 0 aliphatic rings. The average molecular weight is 442 g/mol. The number of Topliss-reactive ketones (excluding diaryl/α,β-unsaturated/α-hetero) is 1. The molecule has 0 aliphatic carbocycles. The third-order valence-corrected chi connectivity index (χ3v) is 4.51. The number of hydrogen-bond acceptors (Lipinski definition) is 6. The molecule has 11 nitrogen and oxygen atoms in total. The summed E-state index contributed by atoms with van der Waals surface area (Å²) in [7, 11) is 0. The SMILES string of the molecule is Cc1n[nH]c(C)c1C(=O)NCC(=O)N[C@@H](C)C(=O)NCC(=O)C(=O)NCc1ccccc1. The minimum Gasteiger partial charge on any atom is -0.347 e. The van der Waals surface area contributed by atoms with Crippen molar-refractivity contribution >= 4 is 29.4 Å². The second-order valence-electron chi connectivity index (χ2n) is 7.09. The summed E-state index contributed by atoms with van der Waals surface area (Å²) in [6.45, 7) is 4.10. The number of nitrogens with zero attached hydrogens (tertiary/aromatic N) is 1. The number of nitrogens with one attached hydrogen (secondary N) is 5. The number of carbonyl (C=O) groups excluding carboxylic acids is 5. The summed E-state index contributed by atoms with van der Waals surface area (Å²) in [5.41, 5.74) is 2.27. The minimum atomic E-state index is -0.975. The fraction of sp³-hybridized carbons (Fsp3) is 0.333. The van der Waals surface area contributed by atoms with Gasteiger partial charge in [-0.05, 0) is 26.3 Å². The minimum absolute atomic E-state index is 0.190. The normalized spacial score (nSPS) is 11.2. The Labute approximate surface area is 184 Å². The number of aryl methyl sites for hydroxylation is 2. The Kier molecular flexibility index (Phi) is 8.63. The van der Waals surface area contributed by atoms with Gasteiger partial charge in [-0.15, -0.1) is 0 Å². The Balaban J connectivity index is 1.70. The molecule has 0 saturated heterocycles. The highest BCUT2D eigenvalue weighted by atomic mass is 16.2. The quantitative estimate of drug-likeness (QED) is 0.305. The largest absolute Gasteiger partial charge is 0.347 e. The number of hydrogen-bond donors (Lipinski definition) is 5. The Hall–Kier alpha value is -4.02. The van der Waals surface area contributed by atoms with Crippen LogP contribution in [0.4, 0.5) is 0 Å². The number of H-pyrrole nitrogens is 1. The lowest BCUT2D eigenvalue weighted by molar-refractivity contribution is -0.138. The molecular weight excluding hydrogens is 416 g/mol. The molecular formula is C21H26N6O5. The highest BCUT2D eigenvalue weighted by molar-refractivity contribution is 6.37. The number of aromatic nitrogens is 2. The van der Waals surface area contributed by atoms with Crippen molar-refractivity contribution < 1.29 is 24.0 Å². The molecule has 1 aromatic heterocycles. The van der Waals surface area contributed by atoms with E-state index in [0.717, 1.165) is 5.56 Å². The summed E-state index contributed by atoms with van der Waals surface area (Å²) in [6, 6.07) is 8.08. The molecule has 4 amide bonds. The molecule has 0 radical (unpaired) electrons. The first kappa shape index (κ1) is 24.3. The molecule has 2 rings (SSSR count). The lowest BCUT2D eigenvalue weighted by atomic mass is 10.2. The Morgan fingerprint density at radius 1 is 0.969 bits per heavy atom. The van der Waals surface area contributed by atoms with Gasteiger partial charge in [-0.2, -0.15) is 5.10 Å². The first-order valence-electron chi connectivity index (χ1n) is 9.90. The van der Waals surface area contributed by atoms with E-state index in [-0.39, 0.29) is 13.1 Å². The van der Waals surface area contributed by atoms with E-state index in [1.54, 1.807) is 26.0 Å². The number of carbonyl (C=O) groups is 5. The molecule has 32 heavy (non-hydrogen) atoms. The van der Waals surface area contributed by atoms with Gasteiger partial charge in [0.1, 0.15) is 6.04 Å². The van der Waals surface area contributed by atoms with Gasteiger partial charge in [-0.3, -0.25) is 29.1 Å². The molecule has 1 heterocycles. The molecule has 0 saturated carbocycles. The predicted octanol–water partition coefficient (Wildman–Crippen LogP) is -0.737. The fourth-order valence-corrected chi connectivity index (χ4v) is 2.77. The fourth-order valence-electron chi connectivity index (χ4n) is 2.77. The van der Waals surface area contributed by atoms with Crippen LogP contribution in [-0.4, -0.2) is 58.7 Å². The van der Waals surface area contributed by atoms with E-state index in [2.05, 4.69) is 31.5 Å². The number of benzene rings is 1. The van der Waals surface area contributed by atoms with Gasteiger partial charge in [0, 0.05) is 12.2 Å². The molecule has 11 heteroatoms. The number of ketones is 1. The van der Waals surface area contributed by atoms with E-state index in [0.29, 0.717) is 17.0 Å². The maximum absolute atomic E-state index is 12.2. The van der Waals surface area contributed by atoms with Gasteiger partial charge in [0.2, 0.25) is 17.6 Å². The lowest BCUT2D eigenvalue weighted by Gasteiger charge is -2.14. The number of aromatic amines is 1. The van der Waals surface area contributed by atoms with Crippen LogP contribution in [0.1, 0.15) is 34.2 Å². The van der Waals surface area contributed by atoms with E-state index in [4.69, 9.17) is 0 Å². The van der Waals surface area contributed by atoms with Gasteiger partial charge in [0.05, 0.1) is 24.3 Å². The van der Waals surface area contributed by atoms with Gasteiger partial charge >= 0.3 is 0 Å². The Morgan fingerprint density at radius 2 is 1.66 bits per heavy atom. The predicted molar refractivity (Wildman–Crippen MR) is 114 cm³/mol. The third kappa shape index (κ3) is 7.04. The first-order chi connectivity index (χ1) is 15.2. The summed E-state index contributed by atoms with van der Waals surface area (Å²) in [6.07, 6.45) is 0. The highest BCUT2D eigenvalue weighted by Crippen LogP contribution is 2.08. The van der Waals surface area contributed by atoms with Crippen molar-refractivity contribution in [1.82, 2.24) is 31.5 Å². The first-order valence-corrected chi connectivity index (χ1v) is 9.90. The molecule has 0 bridgehead atoms. The molecule has 0 aliphatic heterocycles. The van der Waals surface area contributed by atoms with Crippen molar-refractivity contribution in [1.29, 1.82) is 0 Å². The molecule has 5 N–H and O–H groups in total. The maximum Gasteiger partial charge on any atom is 0.289 e. The zero-order chi connectivity index (χ0) is 23.7. The van der Waals surface area contributed by atoms with Gasteiger partial charge in [-0.25, -0.2) is 0 Å². The second kappa shape index (κ2) is 11.4. The molecule has 2 aromatic rings. The van der Waals surface area contributed by atoms with Crippen LogP contribution in [0.5, 0.6) is 0 Å². The molecule has 0 spiro atoms. The van der Waals surface area contributed by atoms with Crippen molar-refractivity contribution in [2.45, 2.75) is 33.4 Å². The standard InChI is InChI=1S/C21H26N6O5/c1-12-18(13(2)27-26-12)21(32)24-11-17(29)25-14(3)19(30)23-10-16(28)20(31)22-9-15-7-5-4-6-8-15/h4-8,14H,9-11H2,1-3H3,(H,22,31)(H,23,30)(H,24,32)(H,25,29)(H,26,27)/t14-/m0/s1. The molecule has 1 atom stereocenters. The van der Waals surface area contributed by atoms with Crippen LogP contribution in [0.3, 0.4) is 0 Å². The Morgan fingerprint density at radius 3 is 2.28 bits per heavy atom. The van der Waals surface area contributed by atoms with E-state index < -0.39 is 42.0 Å². The van der Waals surface area contributed by atoms with Gasteiger partial charge in [-0.1, -0.05) is 30.3 Å². The topological polar surface area (TPSA) is 162 Å². The Bertz CT molecular complexity index is 982. The van der Waals surface area contributed by atoms with Crippen molar-refractivity contribution in [3.63, 3.8) is 0 Å². The van der Waals surface area contributed by atoms with Crippen molar-refractivity contribution in [2.75, 3.05) is 13.1 Å². The summed E-state index contributed by atoms with van der Waals surface area (Å²) >= 11 is 0. The van der Waals surface area contributed by atoms with Gasteiger partial charge in [0.25, 0.3) is 11.8 Å². The van der Waals surface area contributed by atoms with E-state index >= 15 is 0 Å². The van der Waals surface area contributed by atoms with E-state index in [1.807, 2.05) is 18.2 Å². The lowest BCUT2D eigenvalue weighted by Crippen LogP contribution is -2.49. The smallest absolute Gasteiger partial charge is 0.289 e. The maximum atomic E-state index is 12.2. The van der Waals surface area contributed by atoms with Crippen LogP contribution in [0, 0.1) is 13.8 Å². The van der Waals surface area contributed by atoms with E-state index in [9.17, 15) is 24.0 Å². The van der Waals surface area contributed by atoms with Crippen LogP contribution < -0.4 is 21.3 Å². The molecule has 0 unspecified atom stereocenters. The van der Waals surface area contributed by atoms with Crippen LogP contribution in [-0.2, 0) is 25.7 Å². The van der Waals surface area contributed by atoms with Gasteiger partial charge in [0.15, 0.2) is 0 Å². The van der Waals surface area contributed by atoms with Gasteiger partial charge < -0.3 is 21.3 Å². The van der Waals surface area contributed by atoms with Crippen LogP contribution in [0.25, 0.3) is 0 Å². The zero-order valence-electron chi connectivity index (χ0n) is 18.1. The number of rotatable bonds is 10.